The highest BCUT2D eigenvalue weighted by Crippen LogP contribution is 2.11. The normalized spacial score (nSPS) is 10.6. The molecule has 2 rings (SSSR count). The molecule has 1 N–H and O–H groups in total. The van der Waals surface area contributed by atoms with E-state index in [-0.39, 0.29) is 0 Å². The summed E-state index contributed by atoms with van der Waals surface area (Å²) in [5, 5.41) is 7.70. The van der Waals surface area contributed by atoms with Gasteiger partial charge in [-0.05, 0) is 43.7 Å². The third-order valence-corrected chi connectivity index (χ3v) is 3.16. The average molecular weight is 259 g/mol. The molecule has 0 saturated carbocycles. The van der Waals surface area contributed by atoms with Gasteiger partial charge in [0.2, 0.25) is 0 Å². The first-order valence-electron chi connectivity index (χ1n) is 6.68. The molecule has 0 unspecified atom stereocenters. The second-order valence-corrected chi connectivity index (χ2v) is 4.41. The van der Waals surface area contributed by atoms with E-state index >= 15 is 0 Å². The van der Waals surface area contributed by atoms with E-state index in [0.29, 0.717) is 0 Å². The number of hydrogen-bond donors (Lipinski definition) is 1. The lowest BCUT2D eigenvalue weighted by atomic mass is 10.1. The molecule has 0 aliphatic heterocycles. The van der Waals surface area contributed by atoms with Crippen molar-refractivity contribution in [3.63, 3.8) is 0 Å². The molecule has 1 heterocycles. The fourth-order valence-corrected chi connectivity index (χ4v) is 2.04. The second kappa shape index (κ2) is 6.95. The lowest BCUT2D eigenvalue weighted by Crippen LogP contribution is -2.19. The first kappa shape index (κ1) is 13.6. The van der Waals surface area contributed by atoms with Gasteiger partial charge < -0.3 is 10.1 Å². The van der Waals surface area contributed by atoms with Crippen molar-refractivity contribution >= 4 is 0 Å². The topological polar surface area (TPSA) is 39.1 Å². The van der Waals surface area contributed by atoms with Gasteiger partial charge >= 0.3 is 0 Å². The summed E-state index contributed by atoms with van der Waals surface area (Å²) in [5.74, 6) is 0.906. The van der Waals surface area contributed by atoms with Gasteiger partial charge in [-0.15, -0.1) is 0 Å². The number of rotatable bonds is 7. The van der Waals surface area contributed by atoms with Crippen LogP contribution in [0.4, 0.5) is 0 Å². The van der Waals surface area contributed by atoms with E-state index in [1.165, 1.54) is 11.3 Å². The molecule has 0 aliphatic carbocycles. The van der Waals surface area contributed by atoms with Crippen LogP contribution >= 0.6 is 0 Å². The standard InChI is InChI=1S/C15H21N3O/c1-3-18-14(9-11-17-18)12-16-10-8-13-4-6-15(19-2)7-5-13/h4-7,9,11,16H,3,8,10,12H2,1-2H3. The van der Waals surface area contributed by atoms with Crippen LogP contribution in [-0.2, 0) is 19.5 Å². The molecular formula is C15H21N3O. The van der Waals surface area contributed by atoms with Crippen molar-refractivity contribution in [2.45, 2.75) is 26.4 Å². The van der Waals surface area contributed by atoms with Gasteiger partial charge in [0.05, 0.1) is 12.8 Å². The van der Waals surface area contributed by atoms with Crippen LogP contribution in [0, 0.1) is 0 Å². The molecule has 0 spiro atoms. The van der Waals surface area contributed by atoms with E-state index < -0.39 is 0 Å². The number of ether oxygens (including phenoxy) is 1. The maximum Gasteiger partial charge on any atom is 0.118 e. The van der Waals surface area contributed by atoms with Crippen LogP contribution in [0.1, 0.15) is 18.2 Å². The number of nitrogens with zero attached hydrogens (tertiary/aromatic N) is 2. The summed E-state index contributed by atoms with van der Waals surface area (Å²) in [6, 6.07) is 10.3. The second-order valence-electron chi connectivity index (χ2n) is 4.41. The van der Waals surface area contributed by atoms with E-state index in [1.54, 1.807) is 7.11 Å². The van der Waals surface area contributed by atoms with Crippen molar-refractivity contribution in [1.82, 2.24) is 15.1 Å². The molecule has 0 radical (unpaired) electrons. The minimum Gasteiger partial charge on any atom is -0.497 e. The van der Waals surface area contributed by atoms with Crippen LogP contribution in [0.15, 0.2) is 36.5 Å². The Kier molecular flexibility index (Phi) is 4.98. The third kappa shape index (κ3) is 3.83. The van der Waals surface area contributed by atoms with Gasteiger partial charge in [0.25, 0.3) is 0 Å². The Morgan fingerprint density at radius 3 is 2.68 bits per heavy atom. The average Bonchev–Trinajstić information content (AvgIpc) is 2.91. The highest BCUT2D eigenvalue weighted by molar-refractivity contribution is 5.27. The molecule has 4 nitrogen and oxygen atoms in total. The summed E-state index contributed by atoms with van der Waals surface area (Å²) in [5.41, 5.74) is 2.55. The summed E-state index contributed by atoms with van der Waals surface area (Å²) in [7, 11) is 1.69. The van der Waals surface area contributed by atoms with E-state index in [9.17, 15) is 0 Å². The van der Waals surface area contributed by atoms with Crippen molar-refractivity contribution in [2.24, 2.45) is 0 Å². The van der Waals surface area contributed by atoms with Crippen LogP contribution in [0.2, 0.25) is 0 Å². The molecule has 0 bridgehead atoms. The number of benzene rings is 1. The number of aryl methyl sites for hydroxylation is 1. The summed E-state index contributed by atoms with van der Waals surface area (Å²) < 4.78 is 7.16. The van der Waals surface area contributed by atoms with Crippen LogP contribution < -0.4 is 10.1 Å². The molecule has 0 amide bonds. The molecule has 0 atom stereocenters. The van der Waals surface area contributed by atoms with Gasteiger partial charge in [-0.1, -0.05) is 12.1 Å². The predicted molar refractivity (Wildman–Crippen MR) is 76.3 cm³/mol. The molecular weight excluding hydrogens is 238 g/mol. The van der Waals surface area contributed by atoms with Crippen molar-refractivity contribution in [3.05, 3.63) is 47.8 Å². The number of methoxy groups -OCH3 is 1. The molecule has 0 aliphatic rings. The monoisotopic (exact) mass is 259 g/mol. The molecule has 102 valence electrons. The Balaban J connectivity index is 1.74. The first-order chi connectivity index (χ1) is 9.33. The zero-order chi connectivity index (χ0) is 13.5. The summed E-state index contributed by atoms with van der Waals surface area (Å²) in [6.45, 7) is 4.85. The zero-order valence-corrected chi connectivity index (χ0v) is 11.6. The highest BCUT2D eigenvalue weighted by Gasteiger charge is 2.00. The van der Waals surface area contributed by atoms with Gasteiger partial charge in [0.15, 0.2) is 0 Å². The van der Waals surface area contributed by atoms with Gasteiger partial charge in [-0.3, -0.25) is 4.68 Å². The van der Waals surface area contributed by atoms with Crippen molar-refractivity contribution in [1.29, 1.82) is 0 Å². The molecule has 4 heteroatoms. The van der Waals surface area contributed by atoms with Crippen molar-refractivity contribution < 1.29 is 4.74 Å². The van der Waals surface area contributed by atoms with E-state index in [0.717, 1.165) is 31.8 Å². The first-order valence-corrected chi connectivity index (χ1v) is 6.68. The van der Waals surface area contributed by atoms with Crippen LogP contribution in [0.3, 0.4) is 0 Å². The molecule has 1 aromatic carbocycles. The van der Waals surface area contributed by atoms with Gasteiger partial charge in [-0.2, -0.15) is 5.10 Å². The number of hydrogen-bond acceptors (Lipinski definition) is 3. The fourth-order valence-electron chi connectivity index (χ4n) is 2.04. The largest absolute Gasteiger partial charge is 0.497 e. The number of aromatic nitrogens is 2. The van der Waals surface area contributed by atoms with Gasteiger partial charge in [0.1, 0.15) is 5.75 Å². The molecule has 1 aromatic heterocycles. The minimum absolute atomic E-state index is 0.865. The minimum atomic E-state index is 0.865. The van der Waals surface area contributed by atoms with Crippen LogP contribution in [-0.4, -0.2) is 23.4 Å². The van der Waals surface area contributed by atoms with E-state index in [2.05, 4.69) is 35.5 Å². The van der Waals surface area contributed by atoms with Gasteiger partial charge in [-0.25, -0.2) is 0 Å². The highest BCUT2D eigenvalue weighted by atomic mass is 16.5. The Bertz CT molecular complexity index is 490. The number of nitrogens with one attached hydrogen (secondary N) is 1. The smallest absolute Gasteiger partial charge is 0.118 e. The SMILES string of the molecule is CCn1nccc1CNCCc1ccc(OC)cc1. The summed E-state index contributed by atoms with van der Waals surface area (Å²) in [6.07, 6.45) is 2.87. The summed E-state index contributed by atoms with van der Waals surface area (Å²) in [4.78, 5) is 0. The quantitative estimate of drug-likeness (QED) is 0.775. The van der Waals surface area contributed by atoms with E-state index in [4.69, 9.17) is 4.74 Å². The Morgan fingerprint density at radius 1 is 1.21 bits per heavy atom. The Labute approximate surface area is 114 Å². The molecule has 0 saturated heterocycles. The van der Waals surface area contributed by atoms with E-state index in [1.807, 2.05) is 23.0 Å². The zero-order valence-electron chi connectivity index (χ0n) is 11.6. The maximum atomic E-state index is 5.14. The third-order valence-electron chi connectivity index (χ3n) is 3.16. The molecule has 19 heavy (non-hydrogen) atoms. The molecule has 0 fully saturated rings. The van der Waals surface area contributed by atoms with Crippen molar-refractivity contribution in [3.8, 4) is 5.75 Å². The van der Waals surface area contributed by atoms with Crippen LogP contribution in [0.25, 0.3) is 0 Å². The fraction of sp³-hybridized carbons (Fsp3) is 0.400. The Hall–Kier alpha value is -1.81. The van der Waals surface area contributed by atoms with Crippen LogP contribution in [0.5, 0.6) is 5.75 Å². The lowest BCUT2D eigenvalue weighted by molar-refractivity contribution is 0.414. The molecule has 2 aromatic rings. The lowest BCUT2D eigenvalue weighted by Gasteiger charge is -2.07. The predicted octanol–water partition coefficient (Wildman–Crippen LogP) is 2.24. The van der Waals surface area contributed by atoms with Gasteiger partial charge in [0, 0.05) is 19.3 Å². The summed E-state index contributed by atoms with van der Waals surface area (Å²) >= 11 is 0. The maximum absolute atomic E-state index is 5.14. The Morgan fingerprint density at radius 2 is 2.00 bits per heavy atom. The van der Waals surface area contributed by atoms with Crippen molar-refractivity contribution in [2.75, 3.05) is 13.7 Å².